The topological polar surface area (TPSA) is 70.3 Å². The Balaban J connectivity index is 0.000000847. The molecule has 5 nitrogen and oxygen atoms in total. The maximum Gasteiger partial charge on any atom is 0.219 e. The van der Waals surface area contributed by atoms with Gasteiger partial charge in [-0.3, -0.25) is 4.98 Å². The number of benzene rings is 1. The zero-order valence-corrected chi connectivity index (χ0v) is 12.9. The van der Waals surface area contributed by atoms with Crippen LogP contribution in [0.2, 0.25) is 0 Å². The van der Waals surface area contributed by atoms with Crippen LogP contribution in [0.1, 0.15) is 13.8 Å². The maximum atomic E-state index is 5.77. The molecule has 0 unspecified atom stereocenters. The van der Waals surface area contributed by atoms with Crippen LogP contribution in [0.3, 0.4) is 0 Å². The number of nitrogen functional groups attached to an aromatic ring is 1. The van der Waals surface area contributed by atoms with Gasteiger partial charge >= 0.3 is 0 Å². The Morgan fingerprint density at radius 3 is 2.50 bits per heavy atom. The van der Waals surface area contributed by atoms with Crippen molar-refractivity contribution in [3.8, 4) is 17.4 Å². The first-order chi connectivity index (χ1) is 10.8. The zero-order chi connectivity index (χ0) is 15.9. The van der Waals surface area contributed by atoms with E-state index in [4.69, 9.17) is 15.2 Å². The van der Waals surface area contributed by atoms with E-state index < -0.39 is 0 Å². The first kappa shape index (κ1) is 15.6. The van der Waals surface area contributed by atoms with Gasteiger partial charge in [0, 0.05) is 23.7 Å². The molecule has 0 saturated carbocycles. The SMILES string of the molecule is CC.COc1ccc2c(Oc3ccc(N)cn3)ccnc2c1. The second-order valence-electron chi connectivity index (χ2n) is 4.22. The summed E-state index contributed by atoms with van der Waals surface area (Å²) in [7, 11) is 1.62. The molecule has 0 aliphatic carbocycles. The van der Waals surface area contributed by atoms with Gasteiger partial charge in [0.1, 0.15) is 11.5 Å². The van der Waals surface area contributed by atoms with Gasteiger partial charge in [-0.2, -0.15) is 0 Å². The van der Waals surface area contributed by atoms with Crippen LogP contribution < -0.4 is 15.2 Å². The van der Waals surface area contributed by atoms with Crippen LogP contribution in [0.4, 0.5) is 5.69 Å². The summed E-state index contributed by atoms with van der Waals surface area (Å²) >= 11 is 0. The van der Waals surface area contributed by atoms with Crippen LogP contribution in [0.5, 0.6) is 17.4 Å². The van der Waals surface area contributed by atoms with Gasteiger partial charge in [0.15, 0.2) is 0 Å². The third-order valence-corrected chi connectivity index (χ3v) is 2.88. The van der Waals surface area contributed by atoms with Crippen molar-refractivity contribution in [1.29, 1.82) is 0 Å². The quantitative estimate of drug-likeness (QED) is 0.790. The van der Waals surface area contributed by atoms with Gasteiger partial charge in [-0.15, -0.1) is 0 Å². The number of aromatic nitrogens is 2. The first-order valence-corrected chi connectivity index (χ1v) is 7.08. The van der Waals surface area contributed by atoms with Gasteiger partial charge in [0.05, 0.1) is 24.5 Å². The molecule has 0 bridgehead atoms. The van der Waals surface area contributed by atoms with Crippen molar-refractivity contribution in [2.24, 2.45) is 0 Å². The smallest absolute Gasteiger partial charge is 0.219 e. The molecule has 2 heterocycles. The molecule has 0 saturated heterocycles. The minimum atomic E-state index is 0.488. The lowest BCUT2D eigenvalue weighted by Gasteiger charge is -2.08. The average molecular weight is 297 g/mol. The van der Waals surface area contributed by atoms with Crippen LogP contribution in [-0.4, -0.2) is 17.1 Å². The predicted molar refractivity (Wildman–Crippen MR) is 88.4 cm³/mol. The molecule has 0 fully saturated rings. The highest BCUT2D eigenvalue weighted by Gasteiger charge is 2.06. The van der Waals surface area contributed by atoms with Crippen molar-refractivity contribution in [2.45, 2.75) is 13.8 Å². The Labute approximate surface area is 129 Å². The molecule has 0 aliphatic rings. The van der Waals surface area contributed by atoms with Gasteiger partial charge < -0.3 is 15.2 Å². The van der Waals surface area contributed by atoms with Crippen LogP contribution in [0.25, 0.3) is 10.9 Å². The van der Waals surface area contributed by atoms with Gasteiger partial charge in [-0.25, -0.2) is 4.98 Å². The highest BCUT2D eigenvalue weighted by molar-refractivity contribution is 5.86. The Kier molecular flexibility index (Phi) is 5.14. The van der Waals surface area contributed by atoms with E-state index in [2.05, 4.69) is 9.97 Å². The molecule has 3 rings (SSSR count). The van der Waals surface area contributed by atoms with E-state index in [0.717, 1.165) is 16.7 Å². The molecule has 22 heavy (non-hydrogen) atoms. The molecule has 5 heteroatoms. The molecule has 0 atom stereocenters. The largest absolute Gasteiger partial charge is 0.497 e. The van der Waals surface area contributed by atoms with Crippen molar-refractivity contribution >= 4 is 16.6 Å². The van der Waals surface area contributed by atoms with E-state index in [1.54, 1.807) is 37.7 Å². The van der Waals surface area contributed by atoms with Crippen LogP contribution in [0.15, 0.2) is 48.8 Å². The summed E-state index contributed by atoms with van der Waals surface area (Å²) in [5.41, 5.74) is 7.00. The summed E-state index contributed by atoms with van der Waals surface area (Å²) in [6, 6.07) is 10.9. The maximum absolute atomic E-state index is 5.77. The van der Waals surface area contributed by atoms with E-state index >= 15 is 0 Å². The van der Waals surface area contributed by atoms with Crippen LogP contribution >= 0.6 is 0 Å². The van der Waals surface area contributed by atoms with Gasteiger partial charge in [-0.1, -0.05) is 13.8 Å². The summed E-state index contributed by atoms with van der Waals surface area (Å²) in [4.78, 5) is 8.43. The summed E-state index contributed by atoms with van der Waals surface area (Å²) in [5.74, 6) is 1.94. The number of rotatable bonds is 3. The lowest BCUT2D eigenvalue weighted by molar-refractivity contribution is 0.415. The van der Waals surface area contributed by atoms with E-state index in [1.807, 2.05) is 32.0 Å². The second kappa shape index (κ2) is 7.26. The monoisotopic (exact) mass is 297 g/mol. The van der Waals surface area contributed by atoms with Crippen LogP contribution in [-0.2, 0) is 0 Å². The number of hydrogen-bond donors (Lipinski definition) is 1. The van der Waals surface area contributed by atoms with Gasteiger partial charge in [-0.05, 0) is 24.3 Å². The number of nitrogens with two attached hydrogens (primary N) is 1. The lowest BCUT2D eigenvalue weighted by atomic mass is 10.2. The highest BCUT2D eigenvalue weighted by Crippen LogP contribution is 2.30. The summed E-state index contributed by atoms with van der Waals surface area (Å²) in [6.07, 6.45) is 3.25. The molecule has 2 aromatic heterocycles. The molecular formula is C17H19N3O2. The predicted octanol–water partition coefficient (Wildman–Crippen LogP) is 4.04. The Morgan fingerprint density at radius 2 is 1.82 bits per heavy atom. The van der Waals surface area contributed by atoms with Crippen molar-refractivity contribution in [3.05, 3.63) is 48.8 Å². The summed E-state index contributed by atoms with van der Waals surface area (Å²) in [6.45, 7) is 4.00. The minimum Gasteiger partial charge on any atom is -0.497 e. The highest BCUT2D eigenvalue weighted by atomic mass is 16.5. The number of ether oxygens (including phenoxy) is 2. The average Bonchev–Trinajstić information content (AvgIpc) is 2.58. The summed E-state index contributed by atoms with van der Waals surface area (Å²) < 4.78 is 11.0. The van der Waals surface area contributed by atoms with Gasteiger partial charge in [0.25, 0.3) is 0 Å². The molecule has 114 valence electrons. The van der Waals surface area contributed by atoms with E-state index in [1.165, 1.54) is 0 Å². The van der Waals surface area contributed by atoms with E-state index in [9.17, 15) is 0 Å². The number of hydrogen-bond acceptors (Lipinski definition) is 5. The molecule has 0 aliphatic heterocycles. The van der Waals surface area contributed by atoms with Crippen LogP contribution in [0, 0.1) is 0 Å². The fraction of sp³-hybridized carbons (Fsp3) is 0.176. The van der Waals surface area contributed by atoms with Crippen molar-refractivity contribution in [3.63, 3.8) is 0 Å². The first-order valence-electron chi connectivity index (χ1n) is 7.08. The Hall–Kier alpha value is -2.82. The molecule has 3 aromatic rings. The van der Waals surface area contributed by atoms with Crippen molar-refractivity contribution < 1.29 is 9.47 Å². The summed E-state index contributed by atoms with van der Waals surface area (Å²) in [5, 5.41) is 0.895. The second-order valence-corrected chi connectivity index (χ2v) is 4.22. The standard InChI is InChI=1S/C15H13N3O2.C2H6/c1-19-11-3-4-12-13(8-11)17-7-6-14(12)20-15-5-2-10(16)9-18-15;1-2/h2-9H,16H2,1H3;1-2H3. The third kappa shape index (κ3) is 3.44. The number of nitrogens with zero attached hydrogens (tertiary/aromatic N) is 2. The number of anilines is 1. The van der Waals surface area contributed by atoms with Crippen molar-refractivity contribution in [1.82, 2.24) is 9.97 Å². The molecule has 0 amide bonds. The van der Waals surface area contributed by atoms with Gasteiger partial charge in [0.2, 0.25) is 5.88 Å². The fourth-order valence-electron chi connectivity index (χ4n) is 1.88. The zero-order valence-electron chi connectivity index (χ0n) is 12.9. The fourth-order valence-corrected chi connectivity index (χ4v) is 1.88. The van der Waals surface area contributed by atoms with E-state index in [0.29, 0.717) is 17.3 Å². The Morgan fingerprint density at radius 1 is 1.00 bits per heavy atom. The van der Waals surface area contributed by atoms with Crippen molar-refractivity contribution in [2.75, 3.05) is 12.8 Å². The normalized spacial score (nSPS) is 9.77. The van der Waals surface area contributed by atoms with E-state index in [-0.39, 0.29) is 0 Å². The molecule has 0 spiro atoms. The third-order valence-electron chi connectivity index (χ3n) is 2.88. The molecular weight excluding hydrogens is 278 g/mol. The number of fused-ring (bicyclic) bond motifs is 1. The molecule has 1 aromatic carbocycles. The number of pyridine rings is 2. The molecule has 2 N–H and O–H groups in total. The minimum absolute atomic E-state index is 0.488. The Bertz CT molecular complexity index is 742. The molecule has 0 radical (unpaired) electrons. The lowest BCUT2D eigenvalue weighted by Crippen LogP contribution is -1.92. The number of methoxy groups -OCH3 is 1.